The summed E-state index contributed by atoms with van der Waals surface area (Å²) in [6.07, 6.45) is -9.76. The topological polar surface area (TPSA) is 67.8 Å². The Labute approximate surface area is 223 Å². The van der Waals surface area contributed by atoms with E-state index in [1.54, 1.807) is 42.6 Å². The van der Waals surface area contributed by atoms with Gasteiger partial charge in [0, 0.05) is 41.0 Å². The van der Waals surface area contributed by atoms with Crippen LogP contribution in [0.15, 0.2) is 59.8 Å². The monoisotopic (exact) mass is 570 g/mol. The molecule has 1 atom stereocenters. The van der Waals surface area contributed by atoms with E-state index in [-0.39, 0.29) is 29.0 Å². The number of carbonyl (C=O) groups excluding carboxylic acids is 2. The molecule has 0 radical (unpaired) electrons. The van der Waals surface area contributed by atoms with Crippen molar-refractivity contribution in [2.24, 2.45) is 5.16 Å². The van der Waals surface area contributed by atoms with Gasteiger partial charge in [-0.2, -0.15) is 26.3 Å². The third kappa shape index (κ3) is 6.52. The van der Waals surface area contributed by atoms with E-state index in [2.05, 4.69) is 5.16 Å². The molecular formula is C27H21ClF6N2O3. The predicted octanol–water partition coefficient (Wildman–Crippen LogP) is 7.19. The lowest BCUT2D eigenvalue weighted by molar-refractivity contribution is -0.138. The average molecular weight is 571 g/mol. The third-order valence-electron chi connectivity index (χ3n) is 6.30. The van der Waals surface area contributed by atoms with E-state index in [4.69, 9.17) is 16.4 Å². The summed E-state index contributed by atoms with van der Waals surface area (Å²) in [5, 5.41) is 6.91. The number of halogens is 7. The van der Waals surface area contributed by atoms with Crippen molar-refractivity contribution >= 4 is 39.8 Å². The first-order chi connectivity index (χ1) is 18.2. The van der Waals surface area contributed by atoms with Crippen LogP contribution in [-0.2, 0) is 21.4 Å². The van der Waals surface area contributed by atoms with Crippen LogP contribution in [0, 0.1) is 0 Å². The summed E-state index contributed by atoms with van der Waals surface area (Å²) < 4.78 is 76.9. The molecular weight excluding hydrogens is 550 g/mol. The van der Waals surface area contributed by atoms with Crippen LogP contribution in [0.5, 0.6) is 0 Å². The largest absolute Gasteiger partial charge is 0.416 e. The quantitative estimate of drug-likeness (QED) is 0.241. The second-order valence-corrected chi connectivity index (χ2v) is 9.72. The fraction of sp³-hybridized carbons (Fsp3) is 0.296. The Morgan fingerprint density at radius 2 is 1.69 bits per heavy atom. The van der Waals surface area contributed by atoms with E-state index in [0.29, 0.717) is 22.0 Å². The number of hydrogen-bond donors (Lipinski definition) is 1. The van der Waals surface area contributed by atoms with Gasteiger partial charge in [0.25, 0.3) is 0 Å². The molecule has 0 aliphatic carbocycles. The van der Waals surface area contributed by atoms with Gasteiger partial charge in [-0.05, 0) is 35.9 Å². The van der Waals surface area contributed by atoms with E-state index in [1.165, 1.54) is 12.1 Å². The van der Waals surface area contributed by atoms with Gasteiger partial charge in [0.1, 0.15) is 6.54 Å². The number of hydrogen-bond acceptors (Lipinski definition) is 4. The Hall–Kier alpha value is -3.60. The minimum absolute atomic E-state index is 0.0986. The molecule has 5 nitrogen and oxygen atoms in total. The fourth-order valence-electron chi connectivity index (χ4n) is 4.34. The summed E-state index contributed by atoms with van der Waals surface area (Å²) in [5.74, 6) is -1.33. The van der Waals surface area contributed by atoms with Crippen molar-refractivity contribution in [2.45, 2.75) is 44.1 Å². The Morgan fingerprint density at radius 1 is 1.00 bits per heavy atom. The number of benzene rings is 3. The van der Waals surface area contributed by atoms with Crippen molar-refractivity contribution in [1.29, 1.82) is 0 Å². The zero-order chi connectivity index (χ0) is 28.6. The van der Waals surface area contributed by atoms with E-state index >= 15 is 0 Å². The normalized spacial score (nSPS) is 17.6. The number of alkyl halides is 6. The van der Waals surface area contributed by atoms with Gasteiger partial charge < -0.3 is 10.2 Å². The molecule has 39 heavy (non-hydrogen) atoms. The van der Waals surface area contributed by atoms with E-state index in [1.807, 2.05) is 0 Å². The smallest absolute Gasteiger partial charge is 0.384 e. The molecule has 0 fully saturated rings. The second kappa shape index (κ2) is 10.5. The maximum atomic E-state index is 13.3. The van der Waals surface area contributed by atoms with Crippen LogP contribution in [0.1, 0.15) is 53.2 Å². The molecule has 1 N–H and O–H groups in total. The van der Waals surface area contributed by atoms with Crippen molar-refractivity contribution in [1.82, 2.24) is 5.32 Å². The highest BCUT2D eigenvalue weighted by Crippen LogP contribution is 2.41. The van der Waals surface area contributed by atoms with Gasteiger partial charge in [0.2, 0.25) is 5.91 Å². The van der Waals surface area contributed by atoms with Gasteiger partial charge in [-0.15, -0.1) is 0 Å². The summed E-state index contributed by atoms with van der Waals surface area (Å²) in [4.78, 5) is 30.2. The number of ketones is 1. The van der Waals surface area contributed by atoms with E-state index in [9.17, 15) is 35.9 Å². The van der Waals surface area contributed by atoms with Crippen molar-refractivity contribution in [3.63, 3.8) is 0 Å². The molecule has 1 heterocycles. The third-order valence-corrected chi connectivity index (χ3v) is 6.52. The molecule has 0 aromatic heterocycles. The van der Waals surface area contributed by atoms with Gasteiger partial charge in [-0.25, -0.2) is 0 Å². The van der Waals surface area contributed by atoms with Crippen molar-refractivity contribution in [2.75, 3.05) is 6.54 Å². The molecule has 3 aromatic carbocycles. The van der Waals surface area contributed by atoms with Crippen LogP contribution >= 0.6 is 11.6 Å². The standard InChI is InChI=1S/C27H21ClF6N2O3/c1-25(15-10-16(27(32,33)34)12-17(28)11-15)13-22(36-39-25)20-6-7-21(19-5-3-2-4-18(19)20)23(37)8-9-24(38)35-14-26(29,30)31/h2-7,10-12H,8-9,13-14H2,1H3,(H,35,38)/t25-/m0/s1. The zero-order valence-corrected chi connectivity index (χ0v) is 21.1. The van der Waals surface area contributed by atoms with Crippen LogP contribution in [0.4, 0.5) is 26.3 Å². The molecule has 1 aliphatic rings. The maximum Gasteiger partial charge on any atom is 0.416 e. The van der Waals surface area contributed by atoms with Crippen molar-refractivity contribution in [3.8, 4) is 0 Å². The van der Waals surface area contributed by atoms with Crippen LogP contribution in [0.3, 0.4) is 0 Å². The number of oxime groups is 1. The number of nitrogens with one attached hydrogen (secondary N) is 1. The van der Waals surface area contributed by atoms with Crippen LogP contribution in [0.25, 0.3) is 10.8 Å². The first-order valence-corrected chi connectivity index (χ1v) is 12.1. The maximum absolute atomic E-state index is 13.3. The fourth-order valence-corrected chi connectivity index (χ4v) is 4.58. The number of fused-ring (bicyclic) bond motifs is 1. The molecule has 0 bridgehead atoms. The SMILES string of the molecule is C[C@@]1(c2cc(Cl)cc(C(F)(F)F)c2)CC(c2ccc(C(=O)CCC(=O)NCC(F)(F)F)c3ccccc23)=NO1. The molecule has 1 aliphatic heterocycles. The van der Waals surface area contributed by atoms with Crippen molar-refractivity contribution in [3.05, 3.63) is 81.9 Å². The lowest BCUT2D eigenvalue weighted by Crippen LogP contribution is -2.33. The van der Waals surface area contributed by atoms with E-state index in [0.717, 1.165) is 12.1 Å². The summed E-state index contributed by atoms with van der Waals surface area (Å²) in [6.45, 7) is 0.118. The zero-order valence-electron chi connectivity index (χ0n) is 20.3. The molecule has 0 unspecified atom stereocenters. The van der Waals surface area contributed by atoms with E-state index < -0.39 is 48.2 Å². The molecule has 0 saturated heterocycles. The number of amides is 1. The molecule has 1 amide bonds. The molecule has 0 saturated carbocycles. The van der Waals surface area contributed by atoms with Gasteiger partial charge >= 0.3 is 12.4 Å². The highest BCUT2D eigenvalue weighted by atomic mass is 35.5. The highest BCUT2D eigenvalue weighted by molar-refractivity contribution is 6.30. The van der Waals surface area contributed by atoms with Gasteiger partial charge in [-0.3, -0.25) is 9.59 Å². The highest BCUT2D eigenvalue weighted by Gasteiger charge is 2.40. The van der Waals surface area contributed by atoms with Crippen molar-refractivity contribution < 1.29 is 40.8 Å². The van der Waals surface area contributed by atoms with Gasteiger partial charge in [0.15, 0.2) is 11.4 Å². The van der Waals surface area contributed by atoms with Gasteiger partial charge in [0.05, 0.1) is 11.3 Å². The second-order valence-electron chi connectivity index (χ2n) is 9.28. The first kappa shape index (κ1) is 28.4. The molecule has 12 heteroatoms. The molecule has 0 spiro atoms. The summed E-state index contributed by atoms with van der Waals surface area (Å²) in [7, 11) is 0. The first-order valence-electron chi connectivity index (χ1n) is 11.7. The number of nitrogens with zero attached hydrogens (tertiary/aromatic N) is 1. The van der Waals surface area contributed by atoms with Crippen LogP contribution in [-0.4, -0.2) is 30.1 Å². The number of carbonyl (C=O) groups is 2. The Bertz CT molecular complexity index is 1470. The summed E-state index contributed by atoms with van der Waals surface area (Å²) in [6, 6.07) is 13.2. The molecule has 3 aromatic rings. The molecule has 206 valence electrons. The summed E-state index contributed by atoms with van der Waals surface area (Å²) >= 11 is 5.96. The average Bonchev–Trinajstić information content (AvgIpc) is 3.27. The Kier molecular flexibility index (Phi) is 7.66. The minimum Gasteiger partial charge on any atom is -0.384 e. The lowest BCUT2D eigenvalue weighted by Gasteiger charge is -2.23. The number of Topliss-reactive ketones (excluding diaryl/α,β-unsaturated/α-hetero) is 1. The minimum atomic E-state index is -4.60. The Balaban J connectivity index is 1.56. The molecule has 4 rings (SSSR count). The van der Waals surface area contributed by atoms with Crippen LogP contribution < -0.4 is 5.32 Å². The summed E-state index contributed by atoms with van der Waals surface area (Å²) in [5.41, 5.74) is -0.659. The lowest BCUT2D eigenvalue weighted by atomic mass is 9.86. The predicted molar refractivity (Wildman–Crippen MR) is 133 cm³/mol. The van der Waals surface area contributed by atoms with Gasteiger partial charge in [-0.1, -0.05) is 53.2 Å². The number of rotatable bonds is 7. The van der Waals surface area contributed by atoms with Crippen LogP contribution in [0.2, 0.25) is 5.02 Å². The Morgan fingerprint density at radius 3 is 2.36 bits per heavy atom.